The zero-order valence-corrected chi connectivity index (χ0v) is 11.6. The molecule has 0 aliphatic rings. The number of non-ortho nitro benzene ring substituents is 1. The zero-order chi connectivity index (χ0) is 15.4. The van der Waals surface area contributed by atoms with Gasteiger partial charge in [-0.3, -0.25) is 14.9 Å². The van der Waals surface area contributed by atoms with Crippen LogP contribution in [0.25, 0.3) is 0 Å². The summed E-state index contributed by atoms with van der Waals surface area (Å²) >= 11 is 0. The van der Waals surface area contributed by atoms with Gasteiger partial charge >= 0.3 is 0 Å². The first kappa shape index (κ1) is 14.4. The summed E-state index contributed by atoms with van der Waals surface area (Å²) in [5, 5.41) is 14.5. The minimum absolute atomic E-state index is 0.135. The van der Waals surface area contributed by atoms with Crippen molar-refractivity contribution < 1.29 is 9.72 Å². The van der Waals surface area contributed by atoms with E-state index in [1.165, 1.54) is 30.5 Å². The highest BCUT2D eigenvalue weighted by atomic mass is 16.6. The predicted octanol–water partition coefficient (Wildman–Crippen LogP) is 2.30. The molecular formula is C14H14N4O3. The standard InChI is InChI=1S/C14H14N4O3/c1-9-6-12(10(2)16-9)8-15-17-14(19)11-4-3-5-13(7-11)18(20)21/h3-8,16H,1-2H3,(H,17,19)/b15-8+. The molecule has 1 amide bonds. The van der Waals surface area contributed by atoms with Crippen LogP contribution in [0.5, 0.6) is 0 Å². The summed E-state index contributed by atoms with van der Waals surface area (Å²) < 4.78 is 0. The lowest BCUT2D eigenvalue weighted by atomic mass is 10.2. The molecule has 1 aromatic carbocycles. The Balaban J connectivity index is 2.06. The van der Waals surface area contributed by atoms with E-state index in [-0.39, 0.29) is 11.3 Å². The third-order valence-corrected chi connectivity index (χ3v) is 2.88. The van der Waals surface area contributed by atoms with Gasteiger partial charge in [0.25, 0.3) is 11.6 Å². The van der Waals surface area contributed by atoms with Crippen LogP contribution in [0, 0.1) is 24.0 Å². The second-order valence-electron chi connectivity index (χ2n) is 4.54. The summed E-state index contributed by atoms with van der Waals surface area (Å²) in [6.07, 6.45) is 1.52. The SMILES string of the molecule is Cc1cc(/C=N/NC(=O)c2cccc([N+](=O)[O-])c2)c(C)[nH]1. The third-order valence-electron chi connectivity index (χ3n) is 2.88. The lowest BCUT2D eigenvalue weighted by molar-refractivity contribution is -0.384. The van der Waals surface area contributed by atoms with Crippen LogP contribution in [0.1, 0.15) is 27.3 Å². The van der Waals surface area contributed by atoms with Gasteiger partial charge in [0.1, 0.15) is 0 Å². The minimum Gasteiger partial charge on any atom is -0.362 e. The van der Waals surface area contributed by atoms with Crippen molar-refractivity contribution in [2.24, 2.45) is 5.10 Å². The predicted molar refractivity (Wildman–Crippen MR) is 78.4 cm³/mol. The summed E-state index contributed by atoms with van der Waals surface area (Å²) in [6.45, 7) is 3.82. The number of hydrazone groups is 1. The number of hydrogen-bond acceptors (Lipinski definition) is 4. The van der Waals surface area contributed by atoms with Crippen molar-refractivity contribution in [1.82, 2.24) is 10.4 Å². The molecule has 0 bridgehead atoms. The number of amides is 1. The molecule has 0 aliphatic heterocycles. The van der Waals surface area contributed by atoms with Gasteiger partial charge in [-0.25, -0.2) is 5.43 Å². The third kappa shape index (κ3) is 3.53. The van der Waals surface area contributed by atoms with Crippen LogP contribution in [0.15, 0.2) is 35.4 Å². The molecule has 21 heavy (non-hydrogen) atoms. The Morgan fingerprint density at radius 2 is 2.14 bits per heavy atom. The molecular weight excluding hydrogens is 272 g/mol. The number of aromatic amines is 1. The number of nitro groups is 1. The van der Waals surface area contributed by atoms with Crippen LogP contribution in [0.4, 0.5) is 5.69 Å². The summed E-state index contributed by atoms with van der Waals surface area (Å²) in [5.41, 5.74) is 5.20. The molecule has 0 spiro atoms. The van der Waals surface area contributed by atoms with E-state index in [0.717, 1.165) is 17.0 Å². The molecule has 7 heteroatoms. The number of carbonyl (C=O) groups excluding carboxylic acids is 1. The highest BCUT2D eigenvalue weighted by Gasteiger charge is 2.10. The van der Waals surface area contributed by atoms with Gasteiger partial charge in [0.05, 0.1) is 11.1 Å². The molecule has 0 aliphatic carbocycles. The molecule has 0 unspecified atom stereocenters. The van der Waals surface area contributed by atoms with Crippen LogP contribution in [-0.4, -0.2) is 22.0 Å². The van der Waals surface area contributed by atoms with Gasteiger partial charge in [-0.2, -0.15) is 5.10 Å². The quantitative estimate of drug-likeness (QED) is 0.512. The molecule has 2 aromatic rings. The van der Waals surface area contributed by atoms with E-state index in [1.54, 1.807) is 0 Å². The fourth-order valence-corrected chi connectivity index (χ4v) is 1.87. The molecule has 2 rings (SSSR count). The monoisotopic (exact) mass is 286 g/mol. The Morgan fingerprint density at radius 3 is 2.76 bits per heavy atom. The van der Waals surface area contributed by atoms with Crippen LogP contribution in [-0.2, 0) is 0 Å². The minimum atomic E-state index is -0.550. The molecule has 108 valence electrons. The molecule has 0 saturated heterocycles. The van der Waals surface area contributed by atoms with Crippen molar-refractivity contribution in [1.29, 1.82) is 0 Å². The molecule has 0 radical (unpaired) electrons. The molecule has 0 atom stereocenters. The van der Waals surface area contributed by atoms with Crippen molar-refractivity contribution in [2.45, 2.75) is 13.8 Å². The van der Waals surface area contributed by atoms with E-state index in [1.807, 2.05) is 19.9 Å². The summed E-state index contributed by atoms with van der Waals surface area (Å²) in [4.78, 5) is 25.1. The second-order valence-corrected chi connectivity index (χ2v) is 4.54. The van der Waals surface area contributed by atoms with Crippen LogP contribution < -0.4 is 5.43 Å². The lowest BCUT2D eigenvalue weighted by Gasteiger charge is -1.99. The van der Waals surface area contributed by atoms with Gasteiger partial charge in [0.2, 0.25) is 0 Å². The zero-order valence-electron chi connectivity index (χ0n) is 11.6. The van der Waals surface area contributed by atoms with Crippen molar-refractivity contribution in [2.75, 3.05) is 0 Å². The van der Waals surface area contributed by atoms with E-state index in [0.29, 0.717) is 0 Å². The first-order valence-corrected chi connectivity index (χ1v) is 6.21. The van der Waals surface area contributed by atoms with Crippen molar-refractivity contribution in [3.05, 3.63) is 63.0 Å². The lowest BCUT2D eigenvalue weighted by Crippen LogP contribution is -2.17. The Morgan fingerprint density at radius 1 is 1.38 bits per heavy atom. The van der Waals surface area contributed by atoms with Crippen molar-refractivity contribution in [3.63, 3.8) is 0 Å². The maximum absolute atomic E-state index is 11.8. The number of aromatic nitrogens is 1. The van der Waals surface area contributed by atoms with Crippen LogP contribution >= 0.6 is 0 Å². The average Bonchev–Trinajstić information content (AvgIpc) is 2.77. The Bertz CT molecular complexity index is 719. The van der Waals surface area contributed by atoms with Gasteiger partial charge in [-0.1, -0.05) is 6.07 Å². The maximum Gasteiger partial charge on any atom is 0.271 e. The molecule has 2 N–H and O–H groups in total. The van der Waals surface area contributed by atoms with Gasteiger partial charge in [0.15, 0.2) is 0 Å². The van der Waals surface area contributed by atoms with Crippen LogP contribution in [0.3, 0.4) is 0 Å². The number of nitrogens with zero attached hydrogens (tertiary/aromatic N) is 2. The van der Waals surface area contributed by atoms with Crippen molar-refractivity contribution >= 4 is 17.8 Å². The van der Waals surface area contributed by atoms with Crippen molar-refractivity contribution in [3.8, 4) is 0 Å². The first-order valence-electron chi connectivity index (χ1n) is 6.21. The van der Waals surface area contributed by atoms with Gasteiger partial charge in [0, 0.05) is 34.6 Å². The molecule has 0 saturated carbocycles. The number of H-pyrrole nitrogens is 1. The normalized spacial score (nSPS) is 10.8. The number of aryl methyl sites for hydroxylation is 2. The molecule has 1 heterocycles. The number of carbonyl (C=O) groups is 1. The number of hydrogen-bond donors (Lipinski definition) is 2. The number of nitro benzene ring substituents is 1. The van der Waals surface area contributed by atoms with Gasteiger partial charge in [-0.05, 0) is 26.0 Å². The van der Waals surface area contributed by atoms with Gasteiger partial charge in [-0.15, -0.1) is 0 Å². The highest BCUT2D eigenvalue weighted by molar-refractivity contribution is 5.95. The topological polar surface area (TPSA) is 100 Å². The molecule has 1 aromatic heterocycles. The largest absolute Gasteiger partial charge is 0.362 e. The smallest absolute Gasteiger partial charge is 0.271 e. The molecule has 0 fully saturated rings. The molecule has 7 nitrogen and oxygen atoms in total. The summed E-state index contributed by atoms with van der Waals surface area (Å²) in [5.74, 6) is -0.500. The van der Waals surface area contributed by atoms with E-state index in [9.17, 15) is 14.9 Å². The Hall–Kier alpha value is -2.96. The second kappa shape index (κ2) is 6.00. The van der Waals surface area contributed by atoms with E-state index < -0.39 is 10.8 Å². The summed E-state index contributed by atoms with van der Waals surface area (Å²) in [7, 11) is 0. The fraction of sp³-hybridized carbons (Fsp3) is 0.143. The average molecular weight is 286 g/mol. The van der Waals surface area contributed by atoms with Gasteiger partial charge < -0.3 is 4.98 Å². The first-order chi connectivity index (χ1) is 9.97. The van der Waals surface area contributed by atoms with E-state index in [4.69, 9.17) is 0 Å². The Labute approximate surface area is 120 Å². The number of nitrogens with one attached hydrogen (secondary N) is 2. The number of benzene rings is 1. The van der Waals surface area contributed by atoms with E-state index in [2.05, 4.69) is 15.5 Å². The van der Waals surface area contributed by atoms with E-state index >= 15 is 0 Å². The Kier molecular flexibility index (Phi) is 4.13. The summed E-state index contributed by atoms with van der Waals surface area (Å²) in [6, 6.07) is 7.38. The highest BCUT2D eigenvalue weighted by Crippen LogP contribution is 2.12. The maximum atomic E-state index is 11.8. The fourth-order valence-electron chi connectivity index (χ4n) is 1.87. The number of rotatable bonds is 4. The van der Waals surface area contributed by atoms with Crippen LogP contribution in [0.2, 0.25) is 0 Å².